The van der Waals surface area contributed by atoms with Gasteiger partial charge in [-0.15, -0.1) is 11.8 Å². The molecule has 1 heterocycles. The van der Waals surface area contributed by atoms with Crippen LogP contribution in [-0.4, -0.2) is 21.8 Å². The van der Waals surface area contributed by atoms with Gasteiger partial charge in [-0.1, -0.05) is 18.2 Å². The van der Waals surface area contributed by atoms with E-state index in [1.807, 2.05) is 41.8 Å². The van der Waals surface area contributed by atoms with Gasteiger partial charge < -0.3 is 9.88 Å². The second-order valence-corrected chi connectivity index (χ2v) is 4.96. The number of thioether (sulfide) groups is 1. The molecule has 0 unspecified atom stereocenters. The van der Waals surface area contributed by atoms with E-state index in [1.165, 1.54) is 4.90 Å². The molecule has 0 saturated heterocycles. The van der Waals surface area contributed by atoms with Gasteiger partial charge in [0, 0.05) is 36.6 Å². The van der Waals surface area contributed by atoms with E-state index in [4.69, 9.17) is 0 Å². The first kappa shape index (κ1) is 12.2. The van der Waals surface area contributed by atoms with Crippen LogP contribution >= 0.6 is 11.8 Å². The molecule has 1 N–H and O–H groups in total. The molecule has 0 radical (unpaired) electrons. The van der Waals surface area contributed by atoms with Gasteiger partial charge in [-0.3, -0.25) is 0 Å². The van der Waals surface area contributed by atoms with Gasteiger partial charge in [0.05, 0.1) is 6.54 Å². The Hall–Kier alpha value is -1.26. The number of hydrogen-bond donors (Lipinski definition) is 1. The van der Waals surface area contributed by atoms with Crippen LogP contribution in [0.2, 0.25) is 0 Å². The van der Waals surface area contributed by atoms with Crippen molar-refractivity contribution in [2.75, 3.05) is 12.3 Å². The molecule has 0 saturated carbocycles. The summed E-state index contributed by atoms with van der Waals surface area (Å²) >= 11 is 1.87. The Morgan fingerprint density at radius 2 is 2.12 bits per heavy atom. The van der Waals surface area contributed by atoms with Crippen LogP contribution in [0.15, 0.2) is 47.6 Å². The van der Waals surface area contributed by atoms with Gasteiger partial charge in [-0.25, -0.2) is 4.98 Å². The summed E-state index contributed by atoms with van der Waals surface area (Å²) in [5.74, 6) is 2.16. The van der Waals surface area contributed by atoms with Crippen molar-refractivity contribution in [2.45, 2.75) is 11.4 Å². The highest BCUT2D eigenvalue weighted by Gasteiger charge is 1.97. The lowest BCUT2D eigenvalue weighted by atomic mass is 10.4. The summed E-state index contributed by atoms with van der Waals surface area (Å²) in [4.78, 5) is 5.59. The molecule has 0 fully saturated rings. The molecule has 2 rings (SSSR count). The lowest BCUT2D eigenvalue weighted by Crippen LogP contribution is -2.18. The first-order chi connectivity index (χ1) is 8.36. The van der Waals surface area contributed by atoms with Crippen LogP contribution in [-0.2, 0) is 13.6 Å². The predicted molar refractivity (Wildman–Crippen MR) is 72.1 cm³/mol. The Labute approximate surface area is 106 Å². The molecular weight excluding hydrogens is 230 g/mol. The van der Waals surface area contributed by atoms with Gasteiger partial charge in [-0.05, 0) is 12.1 Å². The third-order valence-electron chi connectivity index (χ3n) is 2.49. The number of imidazole rings is 1. The van der Waals surface area contributed by atoms with E-state index < -0.39 is 0 Å². The quantitative estimate of drug-likeness (QED) is 0.627. The average molecular weight is 247 g/mol. The van der Waals surface area contributed by atoms with Crippen LogP contribution in [0.5, 0.6) is 0 Å². The Morgan fingerprint density at radius 3 is 2.82 bits per heavy atom. The van der Waals surface area contributed by atoms with Crippen LogP contribution in [0.1, 0.15) is 5.82 Å². The molecule has 0 bridgehead atoms. The number of nitrogens with one attached hydrogen (secondary N) is 1. The van der Waals surface area contributed by atoms with Gasteiger partial charge >= 0.3 is 0 Å². The zero-order valence-electron chi connectivity index (χ0n) is 9.97. The van der Waals surface area contributed by atoms with E-state index in [0.717, 1.165) is 24.7 Å². The maximum atomic E-state index is 4.27. The number of aromatic nitrogens is 2. The normalized spacial score (nSPS) is 10.6. The van der Waals surface area contributed by atoms with Crippen molar-refractivity contribution < 1.29 is 0 Å². The van der Waals surface area contributed by atoms with Crippen LogP contribution in [0.3, 0.4) is 0 Å². The molecule has 1 aromatic carbocycles. The van der Waals surface area contributed by atoms with Crippen molar-refractivity contribution in [1.29, 1.82) is 0 Å². The number of nitrogens with zero attached hydrogens (tertiary/aromatic N) is 2. The molecule has 0 spiro atoms. The summed E-state index contributed by atoms with van der Waals surface area (Å²) in [6.45, 7) is 1.82. The highest BCUT2D eigenvalue weighted by Crippen LogP contribution is 2.15. The van der Waals surface area contributed by atoms with Crippen LogP contribution in [0.25, 0.3) is 0 Å². The van der Waals surface area contributed by atoms with E-state index in [0.29, 0.717) is 0 Å². The number of aryl methyl sites for hydroxylation is 1. The third kappa shape index (κ3) is 3.91. The van der Waals surface area contributed by atoms with E-state index >= 15 is 0 Å². The van der Waals surface area contributed by atoms with Gasteiger partial charge in [-0.2, -0.15) is 0 Å². The topological polar surface area (TPSA) is 29.9 Å². The van der Waals surface area contributed by atoms with E-state index in [2.05, 4.69) is 34.6 Å². The summed E-state index contributed by atoms with van der Waals surface area (Å²) in [6, 6.07) is 10.5. The van der Waals surface area contributed by atoms with Gasteiger partial charge in [0.1, 0.15) is 5.82 Å². The summed E-state index contributed by atoms with van der Waals surface area (Å²) in [7, 11) is 2.02. The molecule has 0 aliphatic carbocycles. The molecule has 90 valence electrons. The molecule has 0 amide bonds. The maximum Gasteiger partial charge on any atom is 0.122 e. The molecule has 3 nitrogen and oxygen atoms in total. The summed E-state index contributed by atoms with van der Waals surface area (Å²) < 4.78 is 2.04. The van der Waals surface area contributed by atoms with Crippen molar-refractivity contribution in [3.63, 3.8) is 0 Å². The zero-order valence-corrected chi connectivity index (χ0v) is 10.8. The molecule has 0 aliphatic rings. The van der Waals surface area contributed by atoms with Crippen molar-refractivity contribution in [2.24, 2.45) is 7.05 Å². The summed E-state index contributed by atoms with van der Waals surface area (Å²) in [5, 5.41) is 3.39. The fraction of sp³-hybridized carbons (Fsp3) is 0.308. The van der Waals surface area contributed by atoms with Crippen molar-refractivity contribution in [3.05, 3.63) is 48.5 Å². The highest BCUT2D eigenvalue weighted by atomic mass is 32.2. The average Bonchev–Trinajstić information content (AvgIpc) is 2.76. The Morgan fingerprint density at radius 1 is 1.29 bits per heavy atom. The summed E-state index contributed by atoms with van der Waals surface area (Å²) in [6.07, 6.45) is 3.80. The van der Waals surface area contributed by atoms with Crippen molar-refractivity contribution >= 4 is 11.8 Å². The van der Waals surface area contributed by atoms with Crippen LogP contribution < -0.4 is 5.32 Å². The second-order valence-electron chi connectivity index (χ2n) is 3.79. The van der Waals surface area contributed by atoms with Crippen LogP contribution in [0.4, 0.5) is 0 Å². The molecule has 4 heteroatoms. The number of benzene rings is 1. The van der Waals surface area contributed by atoms with Crippen molar-refractivity contribution in [3.8, 4) is 0 Å². The van der Waals surface area contributed by atoms with E-state index in [9.17, 15) is 0 Å². The highest BCUT2D eigenvalue weighted by molar-refractivity contribution is 7.99. The van der Waals surface area contributed by atoms with E-state index in [-0.39, 0.29) is 0 Å². The smallest absolute Gasteiger partial charge is 0.122 e. The standard InChI is InChI=1S/C13H17N3S/c1-16-9-7-15-13(16)11-14-8-10-17-12-5-3-2-4-6-12/h2-7,9,14H,8,10-11H2,1H3. The lowest BCUT2D eigenvalue weighted by Gasteiger charge is -2.04. The Bertz CT molecular complexity index is 439. The largest absolute Gasteiger partial charge is 0.337 e. The zero-order chi connectivity index (χ0) is 11.9. The molecule has 0 atom stereocenters. The first-order valence-electron chi connectivity index (χ1n) is 5.71. The van der Waals surface area contributed by atoms with Gasteiger partial charge in [0.15, 0.2) is 0 Å². The van der Waals surface area contributed by atoms with E-state index in [1.54, 1.807) is 0 Å². The minimum Gasteiger partial charge on any atom is -0.337 e. The lowest BCUT2D eigenvalue weighted by molar-refractivity contribution is 0.664. The first-order valence-corrected chi connectivity index (χ1v) is 6.69. The fourth-order valence-electron chi connectivity index (χ4n) is 1.52. The van der Waals surface area contributed by atoms with Crippen molar-refractivity contribution in [1.82, 2.24) is 14.9 Å². The molecule has 0 aliphatic heterocycles. The number of hydrogen-bond acceptors (Lipinski definition) is 3. The maximum absolute atomic E-state index is 4.27. The predicted octanol–water partition coefficient (Wildman–Crippen LogP) is 2.30. The molecular formula is C13H17N3S. The fourth-order valence-corrected chi connectivity index (χ4v) is 2.36. The molecule has 2 aromatic rings. The van der Waals surface area contributed by atoms with Gasteiger partial charge in [0.25, 0.3) is 0 Å². The number of rotatable bonds is 6. The SMILES string of the molecule is Cn1ccnc1CNCCSc1ccccc1. The summed E-state index contributed by atoms with van der Waals surface area (Å²) in [5.41, 5.74) is 0. The minimum absolute atomic E-state index is 0.832. The Kier molecular flexibility index (Phi) is 4.64. The minimum atomic E-state index is 0.832. The molecule has 1 aromatic heterocycles. The second kappa shape index (κ2) is 6.47. The third-order valence-corrected chi connectivity index (χ3v) is 3.51. The van der Waals surface area contributed by atoms with Gasteiger partial charge in [0.2, 0.25) is 0 Å². The monoisotopic (exact) mass is 247 g/mol. The molecule has 17 heavy (non-hydrogen) atoms. The Balaban J connectivity index is 1.63. The van der Waals surface area contributed by atoms with Crippen LogP contribution in [0, 0.1) is 0 Å².